The van der Waals surface area contributed by atoms with Crippen LogP contribution in [0.1, 0.15) is 81.4 Å². The smallest absolute Gasteiger partial charge is 0.408 e. The molecule has 1 aliphatic rings. The molecule has 1 fully saturated rings. The SMILES string of the molecule is C[C@H](NC(=O)OC(C)(C)C)C(=O)NCC(NC(=O)c1nc(-c2ccc(OC(F)F)c(OCC3CC3)c2)oc1[C@H](C)OC(N)=O)c1ccc(F)cc1F. The maximum atomic E-state index is 15.1. The van der Waals surface area contributed by atoms with Gasteiger partial charge >= 0.3 is 18.8 Å². The fraction of sp³-hybridized carbons (Fsp3) is 0.441. The van der Waals surface area contributed by atoms with E-state index in [4.69, 9.17) is 24.4 Å². The summed E-state index contributed by atoms with van der Waals surface area (Å²) in [6.07, 6.45) is -1.56. The third-order valence-electron chi connectivity index (χ3n) is 7.36. The highest BCUT2D eigenvalue weighted by atomic mass is 19.3. The second-order valence-electron chi connectivity index (χ2n) is 12.9. The summed E-state index contributed by atoms with van der Waals surface area (Å²) in [5.74, 6) is -4.31. The summed E-state index contributed by atoms with van der Waals surface area (Å²) in [6, 6.07) is 3.92. The van der Waals surface area contributed by atoms with Crippen LogP contribution in [0.4, 0.5) is 27.2 Å². The Balaban J connectivity index is 1.64. The minimum atomic E-state index is -3.14. The Morgan fingerprint density at radius 2 is 1.73 bits per heavy atom. The second kappa shape index (κ2) is 16.6. The molecule has 4 amide bonds. The van der Waals surface area contributed by atoms with Crippen LogP contribution in [0.5, 0.6) is 11.5 Å². The Labute approximate surface area is 295 Å². The van der Waals surface area contributed by atoms with Gasteiger partial charge in [0, 0.05) is 23.7 Å². The molecule has 1 aromatic heterocycles. The van der Waals surface area contributed by atoms with Crippen LogP contribution in [0, 0.1) is 17.6 Å². The van der Waals surface area contributed by atoms with Crippen LogP contribution in [-0.2, 0) is 14.3 Å². The van der Waals surface area contributed by atoms with Crippen LogP contribution in [-0.4, -0.2) is 60.4 Å². The van der Waals surface area contributed by atoms with Gasteiger partial charge in [-0.25, -0.2) is 23.4 Å². The molecule has 0 saturated heterocycles. The molecule has 1 aliphatic carbocycles. The number of oxazole rings is 1. The number of ether oxygens (including phenoxy) is 4. The Kier molecular flexibility index (Phi) is 12.6. The third-order valence-corrected chi connectivity index (χ3v) is 7.36. The summed E-state index contributed by atoms with van der Waals surface area (Å²) < 4.78 is 81.4. The first-order valence-electron chi connectivity index (χ1n) is 16.1. The van der Waals surface area contributed by atoms with Gasteiger partial charge in [0.15, 0.2) is 29.1 Å². The van der Waals surface area contributed by atoms with Crippen molar-refractivity contribution in [2.24, 2.45) is 11.7 Å². The lowest BCUT2D eigenvalue weighted by Crippen LogP contribution is -2.48. The van der Waals surface area contributed by atoms with Gasteiger partial charge in [-0.3, -0.25) is 9.59 Å². The van der Waals surface area contributed by atoms with E-state index in [9.17, 15) is 32.3 Å². The predicted molar refractivity (Wildman–Crippen MR) is 174 cm³/mol. The molecule has 282 valence electrons. The molecule has 0 bridgehead atoms. The van der Waals surface area contributed by atoms with Crippen LogP contribution in [0.25, 0.3) is 11.5 Å². The zero-order valence-corrected chi connectivity index (χ0v) is 28.9. The van der Waals surface area contributed by atoms with Gasteiger partial charge in [0.2, 0.25) is 11.8 Å². The van der Waals surface area contributed by atoms with Crippen LogP contribution < -0.4 is 31.2 Å². The van der Waals surface area contributed by atoms with E-state index in [-0.39, 0.29) is 46.8 Å². The summed E-state index contributed by atoms with van der Waals surface area (Å²) in [7, 11) is 0. The number of hydrogen-bond donors (Lipinski definition) is 4. The van der Waals surface area contributed by atoms with Crippen molar-refractivity contribution in [3.8, 4) is 23.0 Å². The van der Waals surface area contributed by atoms with E-state index < -0.39 is 78.3 Å². The van der Waals surface area contributed by atoms with E-state index in [1.54, 1.807) is 20.8 Å². The molecular formula is C34H39F4N5O9. The normalized spacial score (nSPS) is 14.5. The van der Waals surface area contributed by atoms with E-state index in [0.717, 1.165) is 25.0 Å². The van der Waals surface area contributed by atoms with Gasteiger partial charge in [0.25, 0.3) is 5.91 Å². The number of hydrogen-bond acceptors (Lipinski definition) is 10. The molecular weight excluding hydrogens is 698 g/mol. The van der Waals surface area contributed by atoms with Crippen molar-refractivity contribution in [1.82, 2.24) is 20.9 Å². The average Bonchev–Trinajstić information content (AvgIpc) is 3.75. The first-order valence-corrected chi connectivity index (χ1v) is 16.1. The Morgan fingerprint density at radius 3 is 2.35 bits per heavy atom. The fourth-order valence-electron chi connectivity index (χ4n) is 4.72. The number of alkyl halides is 2. The molecule has 0 radical (unpaired) electrons. The second-order valence-corrected chi connectivity index (χ2v) is 12.9. The van der Waals surface area contributed by atoms with Gasteiger partial charge in [0.05, 0.1) is 12.6 Å². The van der Waals surface area contributed by atoms with Crippen molar-refractivity contribution in [3.63, 3.8) is 0 Å². The van der Waals surface area contributed by atoms with Crippen molar-refractivity contribution in [1.29, 1.82) is 0 Å². The topological polar surface area (TPSA) is 193 Å². The van der Waals surface area contributed by atoms with Crippen molar-refractivity contribution in [2.75, 3.05) is 13.2 Å². The maximum Gasteiger partial charge on any atom is 0.408 e. The number of alkyl carbamates (subject to hydrolysis) is 1. The summed E-state index contributed by atoms with van der Waals surface area (Å²) in [6.45, 7) is 4.23. The molecule has 1 saturated carbocycles. The Hall–Kier alpha value is -5.55. The lowest BCUT2D eigenvalue weighted by molar-refractivity contribution is -0.122. The molecule has 0 spiro atoms. The largest absolute Gasteiger partial charge is 0.489 e. The van der Waals surface area contributed by atoms with Crippen LogP contribution in [0.3, 0.4) is 0 Å². The van der Waals surface area contributed by atoms with Crippen LogP contribution in [0.2, 0.25) is 0 Å². The van der Waals surface area contributed by atoms with Crippen molar-refractivity contribution in [2.45, 2.75) is 77.9 Å². The van der Waals surface area contributed by atoms with Gasteiger partial charge in [-0.05, 0) is 77.6 Å². The zero-order chi connectivity index (χ0) is 38.3. The maximum absolute atomic E-state index is 15.1. The standard InChI is InChI=1S/C34H39F4N5O9/c1-16(41-33(47)52-34(3,4)5)28(44)40-14-23(21-10-9-20(35)13-22(21)36)42-29(45)26-27(17(2)49-32(39)46)51-30(43-26)19-8-11-24(50-31(37)38)25(12-19)48-15-18-6-7-18/h8-13,16-18,23,31H,6-7,14-15H2,1-5H3,(H2,39,46)(H,40,44)(H,41,47)(H,42,45)/t16-,17-,23?/m0/s1. The number of nitrogens with zero attached hydrogens (tertiary/aromatic N) is 1. The number of carbonyl (C=O) groups is 4. The van der Waals surface area contributed by atoms with Crippen LogP contribution in [0.15, 0.2) is 40.8 Å². The fourth-order valence-corrected chi connectivity index (χ4v) is 4.72. The zero-order valence-electron chi connectivity index (χ0n) is 28.9. The number of aromatic nitrogens is 1. The van der Waals surface area contributed by atoms with E-state index in [1.165, 1.54) is 32.0 Å². The van der Waals surface area contributed by atoms with Crippen molar-refractivity contribution < 1.29 is 60.1 Å². The molecule has 4 rings (SSSR count). The van der Waals surface area contributed by atoms with Gasteiger partial charge in [-0.15, -0.1) is 0 Å². The van der Waals surface area contributed by atoms with Gasteiger partial charge in [0.1, 0.15) is 23.3 Å². The van der Waals surface area contributed by atoms with E-state index in [0.29, 0.717) is 6.07 Å². The summed E-state index contributed by atoms with van der Waals surface area (Å²) in [5, 5.41) is 7.38. The first kappa shape index (κ1) is 39.2. The van der Waals surface area contributed by atoms with E-state index in [2.05, 4.69) is 25.7 Å². The highest BCUT2D eigenvalue weighted by molar-refractivity contribution is 5.94. The lowest BCUT2D eigenvalue weighted by atomic mass is 10.0. The third kappa shape index (κ3) is 11.2. The van der Waals surface area contributed by atoms with Gasteiger partial charge < -0.3 is 45.0 Å². The number of nitrogens with two attached hydrogens (primary N) is 1. The number of nitrogens with one attached hydrogen (secondary N) is 3. The highest BCUT2D eigenvalue weighted by Crippen LogP contribution is 2.37. The molecule has 1 unspecified atom stereocenters. The monoisotopic (exact) mass is 737 g/mol. The number of primary amides is 1. The molecule has 52 heavy (non-hydrogen) atoms. The summed E-state index contributed by atoms with van der Waals surface area (Å²) >= 11 is 0. The molecule has 1 heterocycles. The van der Waals surface area contributed by atoms with E-state index in [1.807, 2.05) is 0 Å². The Morgan fingerprint density at radius 1 is 1.02 bits per heavy atom. The average molecular weight is 738 g/mol. The highest BCUT2D eigenvalue weighted by Gasteiger charge is 2.31. The minimum Gasteiger partial charge on any atom is -0.489 e. The van der Waals surface area contributed by atoms with Crippen molar-refractivity contribution in [3.05, 3.63) is 65.1 Å². The molecule has 2 aromatic carbocycles. The quantitative estimate of drug-likeness (QED) is 0.141. The first-order chi connectivity index (χ1) is 24.4. The number of carbonyl (C=O) groups excluding carboxylic acids is 4. The molecule has 0 aliphatic heterocycles. The number of rotatable bonds is 15. The number of halogens is 4. The molecule has 14 nitrogen and oxygen atoms in total. The molecule has 18 heteroatoms. The minimum absolute atomic E-state index is 0.0464. The Bertz CT molecular complexity index is 1780. The van der Waals surface area contributed by atoms with Gasteiger partial charge in [-0.2, -0.15) is 8.78 Å². The van der Waals surface area contributed by atoms with Crippen LogP contribution >= 0.6 is 0 Å². The molecule has 3 aromatic rings. The molecule has 5 N–H and O–H groups in total. The summed E-state index contributed by atoms with van der Waals surface area (Å²) in [5.41, 5.74) is 3.81. The molecule has 3 atom stereocenters. The van der Waals surface area contributed by atoms with Gasteiger partial charge in [-0.1, -0.05) is 6.07 Å². The predicted octanol–water partition coefficient (Wildman–Crippen LogP) is 5.67. The summed E-state index contributed by atoms with van der Waals surface area (Å²) in [4.78, 5) is 54.7. The van der Waals surface area contributed by atoms with E-state index >= 15 is 4.39 Å². The lowest BCUT2D eigenvalue weighted by Gasteiger charge is -2.23. The number of amides is 4. The number of benzene rings is 2. The van der Waals surface area contributed by atoms with Crippen molar-refractivity contribution >= 4 is 24.0 Å².